The zero-order valence-electron chi connectivity index (χ0n) is 11.2. The van der Waals surface area contributed by atoms with Gasteiger partial charge in [0.2, 0.25) is 0 Å². The van der Waals surface area contributed by atoms with Gasteiger partial charge in [0.05, 0.1) is 6.54 Å². The summed E-state index contributed by atoms with van der Waals surface area (Å²) in [6.45, 7) is 2.50. The summed E-state index contributed by atoms with van der Waals surface area (Å²) in [5.41, 5.74) is 0.654. The average molecular weight is 292 g/mol. The lowest BCUT2D eigenvalue weighted by atomic mass is 10.1. The van der Waals surface area contributed by atoms with E-state index in [1.807, 2.05) is 6.92 Å². The van der Waals surface area contributed by atoms with Crippen LogP contribution in [0.4, 0.5) is 0 Å². The zero-order chi connectivity index (χ0) is 14.4. The first-order valence-electron chi connectivity index (χ1n) is 6.42. The van der Waals surface area contributed by atoms with E-state index in [4.69, 9.17) is 4.74 Å². The van der Waals surface area contributed by atoms with Crippen molar-refractivity contribution in [3.63, 3.8) is 0 Å². The molecule has 0 atom stereocenters. The van der Waals surface area contributed by atoms with E-state index in [0.29, 0.717) is 22.9 Å². The Labute approximate surface area is 121 Å². The summed E-state index contributed by atoms with van der Waals surface area (Å²) in [6, 6.07) is 6.79. The lowest BCUT2D eigenvalue weighted by Crippen LogP contribution is -2.32. The molecule has 6 heteroatoms. The Morgan fingerprint density at radius 1 is 1.35 bits per heavy atom. The maximum atomic E-state index is 11.6. The van der Waals surface area contributed by atoms with E-state index in [2.05, 4.69) is 10.3 Å². The normalized spacial score (nSPS) is 13.8. The molecule has 0 saturated carbocycles. The second kappa shape index (κ2) is 7.09. The number of amides is 1. The van der Waals surface area contributed by atoms with Crippen molar-refractivity contribution in [3.8, 4) is 5.75 Å². The first kappa shape index (κ1) is 14.6. The van der Waals surface area contributed by atoms with Crippen molar-refractivity contribution in [3.05, 3.63) is 29.8 Å². The van der Waals surface area contributed by atoms with Gasteiger partial charge in [-0.05, 0) is 24.3 Å². The Bertz CT molecular complexity index is 526. The lowest BCUT2D eigenvalue weighted by molar-refractivity contribution is -0.121. The van der Waals surface area contributed by atoms with Crippen LogP contribution in [0.15, 0.2) is 29.3 Å². The van der Waals surface area contributed by atoms with Crippen LogP contribution >= 0.6 is 11.8 Å². The smallest absolute Gasteiger partial charge is 0.263 e. The van der Waals surface area contributed by atoms with Gasteiger partial charge in [0.15, 0.2) is 17.6 Å². The molecule has 106 valence electrons. The fourth-order valence-electron chi connectivity index (χ4n) is 1.66. The topological polar surface area (TPSA) is 67.8 Å². The van der Waals surface area contributed by atoms with Crippen LogP contribution in [0.2, 0.25) is 0 Å². The van der Waals surface area contributed by atoms with Gasteiger partial charge in [-0.3, -0.25) is 14.6 Å². The van der Waals surface area contributed by atoms with Crippen molar-refractivity contribution in [2.24, 2.45) is 4.99 Å². The minimum Gasteiger partial charge on any atom is -0.484 e. The predicted molar refractivity (Wildman–Crippen MR) is 79.5 cm³/mol. The Morgan fingerprint density at radius 2 is 2.10 bits per heavy atom. The number of Topliss-reactive ketones (excluding diaryl/α,β-unsaturated/α-hetero) is 1. The molecule has 2 rings (SSSR count). The van der Waals surface area contributed by atoms with Crippen molar-refractivity contribution in [2.45, 2.75) is 13.3 Å². The number of benzene rings is 1. The Morgan fingerprint density at radius 3 is 2.70 bits per heavy atom. The summed E-state index contributed by atoms with van der Waals surface area (Å²) in [5.74, 6) is 1.33. The molecule has 1 aliphatic rings. The number of carbonyl (C=O) groups is 2. The van der Waals surface area contributed by atoms with Crippen molar-refractivity contribution in [2.75, 3.05) is 18.9 Å². The molecule has 0 radical (unpaired) electrons. The van der Waals surface area contributed by atoms with Crippen LogP contribution in [-0.2, 0) is 4.79 Å². The summed E-state index contributed by atoms with van der Waals surface area (Å²) in [4.78, 5) is 27.2. The van der Waals surface area contributed by atoms with Gasteiger partial charge in [0.1, 0.15) is 5.75 Å². The molecule has 0 aromatic heterocycles. The minimum atomic E-state index is -0.230. The SMILES string of the molecule is CCC(=O)c1ccc(OCC(=O)NC2=NCCS2)cc1. The van der Waals surface area contributed by atoms with E-state index in [9.17, 15) is 9.59 Å². The molecule has 1 aromatic carbocycles. The Balaban J connectivity index is 1.81. The molecule has 0 spiro atoms. The molecule has 1 N–H and O–H groups in total. The molecular formula is C14H16N2O3S. The molecule has 0 fully saturated rings. The summed E-state index contributed by atoms with van der Waals surface area (Å²) >= 11 is 1.53. The lowest BCUT2D eigenvalue weighted by Gasteiger charge is -2.07. The third-order valence-electron chi connectivity index (χ3n) is 2.70. The summed E-state index contributed by atoms with van der Waals surface area (Å²) in [5, 5.41) is 3.34. The number of thioether (sulfide) groups is 1. The minimum absolute atomic E-state index is 0.0688. The molecule has 5 nitrogen and oxygen atoms in total. The first-order valence-corrected chi connectivity index (χ1v) is 7.40. The molecule has 20 heavy (non-hydrogen) atoms. The molecule has 1 aromatic rings. The van der Waals surface area contributed by atoms with Crippen LogP contribution in [0.5, 0.6) is 5.75 Å². The number of aliphatic imine (C=N–C) groups is 1. The third-order valence-corrected chi connectivity index (χ3v) is 3.59. The molecule has 0 saturated heterocycles. The quantitative estimate of drug-likeness (QED) is 0.841. The van der Waals surface area contributed by atoms with E-state index in [1.54, 1.807) is 24.3 Å². The number of nitrogens with one attached hydrogen (secondary N) is 1. The maximum Gasteiger partial charge on any atom is 0.263 e. The van der Waals surface area contributed by atoms with Crippen LogP contribution in [-0.4, -0.2) is 35.8 Å². The molecule has 1 heterocycles. The van der Waals surface area contributed by atoms with Crippen LogP contribution in [0.1, 0.15) is 23.7 Å². The van der Waals surface area contributed by atoms with Gasteiger partial charge in [-0.1, -0.05) is 18.7 Å². The second-order valence-electron chi connectivity index (χ2n) is 4.17. The van der Waals surface area contributed by atoms with Crippen molar-refractivity contribution in [1.82, 2.24) is 5.32 Å². The van der Waals surface area contributed by atoms with Crippen molar-refractivity contribution >= 4 is 28.6 Å². The van der Waals surface area contributed by atoms with E-state index >= 15 is 0 Å². The summed E-state index contributed by atoms with van der Waals surface area (Å²) in [6.07, 6.45) is 0.475. The second-order valence-corrected chi connectivity index (χ2v) is 5.26. The highest BCUT2D eigenvalue weighted by molar-refractivity contribution is 8.14. The fraction of sp³-hybridized carbons (Fsp3) is 0.357. The van der Waals surface area contributed by atoms with E-state index < -0.39 is 0 Å². The predicted octanol–water partition coefficient (Wildman–Crippen LogP) is 1.88. The number of carbonyl (C=O) groups excluding carboxylic acids is 2. The standard InChI is InChI=1S/C14H16N2O3S/c1-2-12(17)10-3-5-11(6-4-10)19-9-13(18)16-14-15-7-8-20-14/h3-6H,2,7-9H2,1H3,(H,15,16,18). The first-order chi connectivity index (χ1) is 9.69. The molecule has 1 amide bonds. The van der Waals surface area contributed by atoms with Crippen molar-refractivity contribution in [1.29, 1.82) is 0 Å². The van der Waals surface area contributed by atoms with Crippen LogP contribution in [0, 0.1) is 0 Å². The number of amidine groups is 1. The monoisotopic (exact) mass is 292 g/mol. The Hall–Kier alpha value is -1.82. The number of nitrogens with zero attached hydrogens (tertiary/aromatic N) is 1. The van der Waals surface area contributed by atoms with E-state index in [1.165, 1.54) is 11.8 Å². The van der Waals surface area contributed by atoms with Gasteiger partial charge in [0.25, 0.3) is 5.91 Å². The summed E-state index contributed by atoms with van der Waals surface area (Å²) < 4.78 is 5.36. The van der Waals surface area contributed by atoms with Gasteiger partial charge < -0.3 is 10.1 Å². The van der Waals surface area contributed by atoms with Gasteiger partial charge >= 0.3 is 0 Å². The maximum absolute atomic E-state index is 11.6. The van der Waals surface area contributed by atoms with Gasteiger partial charge in [-0.2, -0.15) is 0 Å². The van der Waals surface area contributed by atoms with Gasteiger partial charge in [-0.15, -0.1) is 0 Å². The van der Waals surface area contributed by atoms with E-state index in [-0.39, 0.29) is 18.3 Å². The molecule has 0 unspecified atom stereocenters. The van der Waals surface area contributed by atoms with E-state index in [0.717, 1.165) is 12.3 Å². The zero-order valence-corrected chi connectivity index (χ0v) is 12.0. The fourth-order valence-corrected chi connectivity index (χ4v) is 2.40. The third kappa shape index (κ3) is 4.09. The largest absolute Gasteiger partial charge is 0.484 e. The molecule has 0 bridgehead atoms. The highest BCUT2D eigenvalue weighted by Gasteiger charge is 2.11. The van der Waals surface area contributed by atoms with Crippen molar-refractivity contribution < 1.29 is 14.3 Å². The van der Waals surface area contributed by atoms with Gasteiger partial charge in [-0.25, -0.2) is 0 Å². The number of rotatable bonds is 5. The molecular weight excluding hydrogens is 276 g/mol. The average Bonchev–Trinajstić information content (AvgIpc) is 2.97. The van der Waals surface area contributed by atoms with Crippen LogP contribution in [0.25, 0.3) is 0 Å². The summed E-state index contributed by atoms with van der Waals surface area (Å²) in [7, 11) is 0. The highest BCUT2D eigenvalue weighted by Crippen LogP contribution is 2.13. The number of ketones is 1. The number of ether oxygens (including phenoxy) is 1. The highest BCUT2D eigenvalue weighted by atomic mass is 32.2. The molecule has 0 aliphatic carbocycles. The molecule has 1 aliphatic heterocycles. The van der Waals surface area contributed by atoms with Crippen LogP contribution in [0.3, 0.4) is 0 Å². The Kier molecular flexibility index (Phi) is 5.17. The van der Waals surface area contributed by atoms with Crippen LogP contribution < -0.4 is 10.1 Å². The number of hydrogen-bond acceptors (Lipinski definition) is 5. The number of hydrogen-bond donors (Lipinski definition) is 1. The van der Waals surface area contributed by atoms with Gasteiger partial charge in [0, 0.05) is 17.7 Å².